The number of hydrogen-bond donors (Lipinski definition) is 2. The topological polar surface area (TPSA) is 42.5 Å². The number of aryl methyl sites for hydroxylation is 2. The van der Waals surface area contributed by atoms with E-state index >= 15 is 0 Å². The molecule has 0 amide bonds. The van der Waals surface area contributed by atoms with Crippen LogP contribution >= 0.6 is 12.2 Å². The van der Waals surface area contributed by atoms with E-state index in [1.807, 2.05) is 37.3 Å². The minimum absolute atomic E-state index is 0.0813. The highest BCUT2D eigenvalue weighted by atomic mass is 32.1. The molecule has 2 rings (SSSR count). The summed E-state index contributed by atoms with van der Waals surface area (Å²) in [6.45, 7) is 6.68. The number of nitrogens with one attached hydrogen (secondary N) is 2. The second-order valence-electron chi connectivity index (χ2n) is 5.80. The van der Waals surface area contributed by atoms with Gasteiger partial charge in [0.05, 0.1) is 13.2 Å². The van der Waals surface area contributed by atoms with E-state index in [4.69, 9.17) is 21.7 Å². The van der Waals surface area contributed by atoms with E-state index in [1.54, 1.807) is 7.11 Å². The van der Waals surface area contributed by atoms with E-state index in [0.29, 0.717) is 11.7 Å². The number of thiocarbonyl (C=S) groups is 1. The summed E-state index contributed by atoms with van der Waals surface area (Å²) in [4.78, 5) is 0. The van der Waals surface area contributed by atoms with Gasteiger partial charge >= 0.3 is 0 Å². The van der Waals surface area contributed by atoms with Crippen molar-refractivity contribution in [3.8, 4) is 11.5 Å². The highest BCUT2D eigenvalue weighted by Gasteiger charge is 2.07. The fraction of sp³-hybridized carbons (Fsp3) is 0.316. The maximum absolute atomic E-state index is 5.75. The van der Waals surface area contributed by atoms with Gasteiger partial charge in [-0.15, -0.1) is 0 Å². The van der Waals surface area contributed by atoms with Crippen LogP contribution in [-0.4, -0.2) is 24.9 Å². The first-order chi connectivity index (χ1) is 11.5. The van der Waals surface area contributed by atoms with Gasteiger partial charge in [0.1, 0.15) is 18.1 Å². The molecule has 2 N–H and O–H groups in total. The van der Waals surface area contributed by atoms with Crippen molar-refractivity contribution in [1.82, 2.24) is 5.32 Å². The Morgan fingerprint density at radius 3 is 2.38 bits per heavy atom. The summed E-state index contributed by atoms with van der Waals surface area (Å²) in [5.74, 6) is 1.62. The second kappa shape index (κ2) is 8.55. The fourth-order valence-electron chi connectivity index (χ4n) is 2.27. The van der Waals surface area contributed by atoms with Crippen LogP contribution in [0.15, 0.2) is 42.5 Å². The predicted molar refractivity (Wildman–Crippen MR) is 103 cm³/mol. The summed E-state index contributed by atoms with van der Waals surface area (Å²) in [7, 11) is 1.64. The quantitative estimate of drug-likeness (QED) is 0.774. The fourth-order valence-corrected chi connectivity index (χ4v) is 2.58. The molecule has 4 nitrogen and oxygen atoms in total. The Morgan fingerprint density at radius 1 is 1.08 bits per heavy atom. The number of benzene rings is 2. The van der Waals surface area contributed by atoms with Gasteiger partial charge in [0.25, 0.3) is 0 Å². The molecule has 2 aromatic carbocycles. The van der Waals surface area contributed by atoms with Crippen molar-refractivity contribution in [2.75, 3.05) is 19.0 Å². The van der Waals surface area contributed by atoms with Gasteiger partial charge in [-0.05, 0) is 68.9 Å². The third-order valence-corrected chi connectivity index (χ3v) is 3.79. The first-order valence-electron chi connectivity index (χ1n) is 7.89. The summed E-state index contributed by atoms with van der Waals surface area (Å²) < 4.78 is 10.9. The van der Waals surface area contributed by atoms with Crippen LogP contribution in [0.2, 0.25) is 0 Å². The molecule has 0 spiro atoms. The van der Waals surface area contributed by atoms with Crippen LogP contribution in [0.5, 0.6) is 11.5 Å². The minimum atomic E-state index is 0.0813. The molecular formula is C19H24N2O2S. The van der Waals surface area contributed by atoms with Crippen molar-refractivity contribution in [1.29, 1.82) is 0 Å². The predicted octanol–water partition coefficient (Wildman–Crippen LogP) is 4.07. The minimum Gasteiger partial charge on any atom is -0.497 e. The first kappa shape index (κ1) is 18.1. The Hall–Kier alpha value is -2.27. The number of rotatable bonds is 6. The van der Waals surface area contributed by atoms with Gasteiger partial charge in [0.2, 0.25) is 0 Å². The summed E-state index contributed by atoms with van der Waals surface area (Å²) in [5.41, 5.74) is 3.42. The van der Waals surface area contributed by atoms with Gasteiger partial charge in [-0.25, -0.2) is 0 Å². The molecule has 0 saturated heterocycles. The van der Waals surface area contributed by atoms with E-state index in [-0.39, 0.29) is 6.04 Å². The second-order valence-corrected chi connectivity index (χ2v) is 6.21. The van der Waals surface area contributed by atoms with E-state index in [2.05, 4.69) is 36.6 Å². The summed E-state index contributed by atoms with van der Waals surface area (Å²) in [5, 5.41) is 7.05. The molecule has 0 fully saturated rings. The number of anilines is 1. The monoisotopic (exact) mass is 344 g/mol. The third-order valence-electron chi connectivity index (χ3n) is 3.57. The molecule has 0 radical (unpaired) electrons. The van der Waals surface area contributed by atoms with Gasteiger partial charge < -0.3 is 20.1 Å². The van der Waals surface area contributed by atoms with Gasteiger partial charge in [0.15, 0.2) is 5.11 Å². The molecule has 128 valence electrons. The molecule has 5 heteroatoms. The van der Waals surface area contributed by atoms with Crippen molar-refractivity contribution in [2.24, 2.45) is 0 Å². The average molecular weight is 344 g/mol. The summed E-state index contributed by atoms with van der Waals surface area (Å²) in [6.07, 6.45) is 0. The summed E-state index contributed by atoms with van der Waals surface area (Å²) >= 11 is 5.37. The zero-order chi connectivity index (χ0) is 17.5. The van der Waals surface area contributed by atoms with Gasteiger partial charge in [0, 0.05) is 5.69 Å². The van der Waals surface area contributed by atoms with Crippen molar-refractivity contribution in [3.63, 3.8) is 0 Å². The average Bonchev–Trinajstić information content (AvgIpc) is 2.56. The van der Waals surface area contributed by atoms with E-state index in [9.17, 15) is 0 Å². The molecule has 0 aliphatic rings. The molecule has 0 bridgehead atoms. The molecule has 1 atom stereocenters. The lowest BCUT2D eigenvalue weighted by molar-refractivity contribution is 0.286. The Labute approximate surface area is 149 Å². The standard InChI is InChI=1S/C19H24N2O2S/c1-13-5-10-18(14(2)11-13)21-19(24)20-15(3)12-23-17-8-6-16(22-4)7-9-17/h5-11,15H,12H2,1-4H3,(H2,20,21,24)/t15-/m0/s1. The Morgan fingerprint density at radius 2 is 1.75 bits per heavy atom. The molecule has 0 aliphatic carbocycles. The lowest BCUT2D eigenvalue weighted by Gasteiger charge is -2.18. The normalized spacial score (nSPS) is 11.5. The highest BCUT2D eigenvalue weighted by molar-refractivity contribution is 7.80. The van der Waals surface area contributed by atoms with Crippen LogP contribution in [-0.2, 0) is 0 Å². The first-order valence-corrected chi connectivity index (χ1v) is 8.30. The Bertz CT molecular complexity index is 686. The molecular weight excluding hydrogens is 320 g/mol. The molecule has 2 aromatic rings. The zero-order valence-corrected chi connectivity index (χ0v) is 15.4. The molecule has 0 unspecified atom stereocenters. The van der Waals surface area contributed by atoms with Crippen molar-refractivity contribution >= 4 is 23.0 Å². The van der Waals surface area contributed by atoms with E-state index < -0.39 is 0 Å². The van der Waals surface area contributed by atoms with Crippen LogP contribution in [0, 0.1) is 13.8 Å². The van der Waals surface area contributed by atoms with Crippen LogP contribution < -0.4 is 20.1 Å². The molecule has 0 heterocycles. The smallest absolute Gasteiger partial charge is 0.171 e. The molecule has 24 heavy (non-hydrogen) atoms. The van der Waals surface area contributed by atoms with Crippen molar-refractivity contribution in [3.05, 3.63) is 53.6 Å². The van der Waals surface area contributed by atoms with Gasteiger partial charge in [-0.1, -0.05) is 17.7 Å². The Balaban J connectivity index is 1.80. The number of methoxy groups -OCH3 is 1. The van der Waals surface area contributed by atoms with Crippen LogP contribution in [0.1, 0.15) is 18.1 Å². The Kier molecular flexibility index (Phi) is 6.44. The number of ether oxygens (including phenoxy) is 2. The van der Waals surface area contributed by atoms with Crippen LogP contribution in [0.3, 0.4) is 0 Å². The largest absolute Gasteiger partial charge is 0.497 e. The SMILES string of the molecule is COc1ccc(OC[C@H](C)NC(=S)Nc2ccc(C)cc2C)cc1. The number of hydrogen-bond acceptors (Lipinski definition) is 3. The van der Waals surface area contributed by atoms with E-state index in [0.717, 1.165) is 17.2 Å². The third kappa shape index (κ3) is 5.42. The maximum Gasteiger partial charge on any atom is 0.171 e. The summed E-state index contributed by atoms with van der Waals surface area (Å²) in [6, 6.07) is 13.8. The lowest BCUT2D eigenvalue weighted by Crippen LogP contribution is -2.39. The van der Waals surface area contributed by atoms with E-state index in [1.165, 1.54) is 11.1 Å². The van der Waals surface area contributed by atoms with Crippen molar-refractivity contribution in [2.45, 2.75) is 26.8 Å². The molecule has 0 aliphatic heterocycles. The van der Waals surface area contributed by atoms with Crippen LogP contribution in [0.25, 0.3) is 0 Å². The maximum atomic E-state index is 5.75. The molecule has 0 aromatic heterocycles. The molecule has 0 saturated carbocycles. The van der Waals surface area contributed by atoms with Gasteiger partial charge in [-0.3, -0.25) is 0 Å². The van der Waals surface area contributed by atoms with Crippen molar-refractivity contribution < 1.29 is 9.47 Å². The van der Waals surface area contributed by atoms with Crippen LogP contribution in [0.4, 0.5) is 5.69 Å². The highest BCUT2D eigenvalue weighted by Crippen LogP contribution is 2.17. The lowest BCUT2D eigenvalue weighted by atomic mass is 10.1. The zero-order valence-electron chi connectivity index (χ0n) is 14.6. The van der Waals surface area contributed by atoms with Gasteiger partial charge in [-0.2, -0.15) is 0 Å².